The van der Waals surface area contributed by atoms with Crippen LogP contribution < -0.4 is 20.7 Å². The van der Waals surface area contributed by atoms with Gasteiger partial charge in [-0.1, -0.05) is 17.7 Å². The van der Waals surface area contributed by atoms with E-state index in [4.69, 9.17) is 27.1 Å². The number of fused-ring (bicyclic) bond motifs is 4. The summed E-state index contributed by atoms with van der Waals surface area (Å²) >= 11 is 7.81. The van der Waals surface area contributed by atoms with Gasteiger partial charge in [0.25, 0.3) is 0 Å². The maximum absolute atomic E-state index is 17.1. The van der Waals surface area contributed by atoms with Gasteiger partial charge >= 0.3 is 6.01 Å². The fraction of sp³-hybridized carbons (Fsp3) is 0.500. The van der Waals surface area contributed by atoms with Crippen LogP contribution in [0.25, 0.3) is 32.1 Å². The number of nitrogens with two attached hydrogens (primary N) is 1. The Hall–Kier alpha value is -3.90. The molecule has 2 aromatic carbocycles. The van der Waals surface area contributed by atoms with Gasteiger partial charge < -0.3 is 20.3 Å². The fourth-order valence-electron chi connectivity index (χ4n) is 9.35. The first-order chi connectivity index (χ1) is 24.6. The average Bonchev–Trinajstić information content (AvgIpc) is 3.97. The largest absolute Gasteiger partial charge is 0.461 e. The van der Waals surface area contributed by atoms with Crippen LogP contribution >= 0.6 is 22.9 Å². The van der Waals surface area contributed by atoms with Gasteiger partial charge in [-0.3, -0.25) is 15.0 Å². The van der Waals surface area contributed by atoms with Crippen molar-refractivity contribution in [3.05, 3.63) is 40.4 Å². The van der Waals surface area contributed by atoms with E-state index in [-0.39, 0.29) is 78.8 Å². The molecule has 7 heterocycles. The zero-order valence-corrected chi connectivity index (χ0v) is 29.0. The van der Waals surface area contributed by atoms with Gasteiger partial charge in [0.15, 0.2) is 5.82 Å². The number of aromatic nitrogens is 2. The third-order valence-corrected chi connectivity index (χ3v) is 13.4. The Bertz CT molecular complexity index is 2210. The number of carbonyl (C=O) groups excluding carboxylic acids is 1. The standard InChI is InChI=1S/C36H34ClF3N8O2S/c37-22-8-20-29(27(40)26(22)19-4-5-23(39)31-25(19)21(10-41)32(42)51-31)44-35(50-15-36-6-1-7-47(36)13-18(38)9-36)45-33(20)46-11-17-12-48(24(17)14-46)34(49)30-28(43-30)16-2-3-16/h4-5,8,16-18,24,28,30,43H,1-3,6-7,9,11-15,42H2/t17?,18-,24?,28+,30-,36?/m1/s1. The zero-order valence-electron chi connectivity index (χ0n) is 27.5. The van der Waals surface area contributed by atoms with Crippen molar-refractivity contribution in [3.8, 4) is 23.2 Å². The monoisotopic (exact) mass is 734 g/mol. The molecule has 0 radical (unpaired) electrons. The lowest BCUT2D eigenvalue weighted by molar-refractivity contribution is -0.140. The number of nitrogens with one attached hydrogen (secondary N) is 1. The lowest BCUT2D eigenvalue weighted by Gasteiger charge is -2.43. The fourth-order valence-corrected chi connectivity index (χ4v) is 10.6. The number of nitriles is 1. The number of nitrogen functional groups attached to an aromatic ring is 1. The Labute approximate surface area is 300 Å². The maximum atomic E-state index is 17.1. The Morgan fingerprint density at radius 2 is 2.04 bits per heavy atom. The van der Waals surface area contributed by atoms with Crippen molar-refractivity contribution in [2.24, 2.45) is 11.8 Å². The molecule has 10 nitrogen and oxygen atoms in total. The number of likely N-dealkylation sites (tertiary alicyclic amines) is 1. The molecular weight excluding hydrogens is 701 g/mol. The molecule has 5 saturated heterocycles. The number of hydrogen-bond acceptors (Lipinski definition) is 10. The van der Waals surface area contributed by atoms with E-state index in [9.17, 15) is 18.8 Å². The molecule has 4 aromatic rings. The van der Waals surface area contributed by atoms with Crippen LogP contribution in [0.1, 0.15) is 37.7 Å². The molecule has 5 aliphatic heterocycles. The van der Waals surface area contributed by atoms with Crippen LogP contribution in [0.5, 0.6) is 6.01 Å². The van der Waals surface area contributed by atoms with Gasteiger partial charge in [-0.15, -0.1) is 11.3 Å². The number of halogens is 4. The highest BCUT2D eigenvalue weighted by Crippen LogP contribution is 2.48. The van der Waals surface area contributed by atoms with E-state index in [0.717, 1.165) is 30.7 Å². The minimum absolute atomic E-state index is 0.000549. The van der Waals surface area contributed by atoms with Gasteiger partial charge in [-0.05, 0) is 55.8 Å². The third-order valence-electron chi connectivity index (χ3n) is 12.1. The number of anilines is 2. The Balaban J connectivity index is 1.05. The first-order valence-electron chi connectivity index (χ1n) is 17.6. The van der Waals surface area contributed by atoms with Gasteiger partial charge in [-0.2, -0.15) is 15.2 Å². The number of ether oxygens (including phenoxy) is 1. The summed E-state index contributed by atoms with van der Waals surface area (Å²) in [4.78, 5) is 28.9. The first kappa shape index (κ1) is 31.8. The third kappa shape index (κ3) is 4.84. The number of benzene rings is 2. The van der Waals surface area contributed by atoms with Crippen molar-refractivity contribution >= 4 is 60.7 Å². The molecule has 1 aliphatic carbocycles. The van der Waals surface area contributed by atoms with Crippen molar-refractivity contribution < 1.29 is 22.7 Å². The highest BCUT2D eigenvalue weighted by atomic mass is 35.5. The van der Waals surface area contributed by atoms with Crippen LogP contribution in [0.15, 0.2) is 18.2 Å². The second kappa shape index (κ2) is 11.3. The molecule has 6 aliphatic rings. The van der Waals surface area contributed by atoms with Crippen molar-refractivity contribution in [2.45, 2.75) is 61.9 Å². The predicted molar refractivity (Wildman–Crippen MR) is 188 cm³/mol. The topological polar surface area (TPSA) is 134 Å². The predicted octanol–water partition coefficient (Wildman–Crippen LogP) is 5.25. The maximum Gasteiger partial charge on any atom is 0.319 e. The highest BCUT2D eigenvalue weighted by Gasteiger charge is 2.57. The van der Waals surface area contributed by atoms with Crippen molar-refractivity contribution in [3.63, 3.8) is 0 Å². The lowest BCUT2D eigenvalue weighted by atomic mass is 9.91. The molecule has 3 unspecified atom stereocenters. The molecule has 1 saturated carbocycles. The minimum atomic E-state index is -0.947. The summed E-state index contributed by atoms with van der Waals surface area (Å²) in [5, 5.41) is 14.0. The number of amides is 1. The van der Waals surface area contributed by atoms with E-state index in [1.165, 1.54) is 25.0 Å². The summed E-state index contributed by atoms with van der Waals surface area (Å²) in [5.41, 5.74) is 5.78. The first-order valence-corrected chi connectivity index (χ1v) is 18.8. The Morgan fingerprint density at radius 3 is 2.84 bits per heavy atom. The molecule has 2 aromatic heterocycles. The van der Waals surface area contributed by atoms with Gasteiger partial charge in [0.1, 0.15) is 47.0 Å². The van der Waals surface area contributed by atoms with Crippen molar-refractivity contribution in [2.75, 3.05) is 50.0 Å². The average molecular weight is 735 g/mol. The molecule has 264 valence electrons. The molecule has 6 atom stereocenters. The van der Waals surface area contributed by atoms with Crippen LogP contribution in [0.4, 0.5) is 24.0 Å². The number of alkyl halides is 1. The molecule has 10 rings (SSSR count). The number of hydrogen-bond donors (Lipinski definition) is 2. The van der Waals surface area contributed by atoms with Gasteiger partial charge in [0.2, 0.25) is 5.91 Å². The number of carbonyl (C=O) groups is 1. The van der Waals surface area contributed by atoms with E-state index in [2.05, 4.69) is 15.2 Å². The lowest BCUT2D eigenvalue weighted by Crippen LogP contribution is -2.59. The van der Waals surface area contributed by atoms with E-state index >= 15 is 4.39 Å². The molecule has 0 spiro atoms. The van der Waals surface area contributed by atoms with Crippen LogP contribution in [0.2, 0.25) is 5.02 Å². The molecule has 6 fully saturated rings. The molecule has 3 N–H and O–H groups in total. The van der Waals surface area contributed by atoms with Crippen molar-refractivity contribution in [1.29, 1.82) is 5.26 Å². The molecule has 51 heavy (non-hydrogen) atoms. The minimum Gasteiger partial charge on any atom is -0.461 e. The summed E-state index contributed by atoms with van der Waals surface area (Å²) < 4.78 is 53.0. The van der Waals surface area contributed by atoms with E-state index in [0.29, 0.717) is 55.8 Å². The summed E-state index contributed by atoms with van der Waals surface area (Å²) in [7, 11) is 0. The van der Waals surface area contributed by atoms with E-state index in [1.54, 1.807) is 6.07 Å². The van der Waals surface area contributed by atoms with Crippen LogP contribution in [-0.4, -0.2) is 94.8 Å². The molecule has 1 amide bonds. The van der Waals surface area contributed by atoms with E-state index in [1.807, 2.05) is 15.9 Å². The van der Waals surface area contributed by atoms with Crippen LogP contribution in [0, 0.1) is 34.8 Å². The second-order valence-corrected chi connectivity index (χ2v) is 16.6. The smallest absolute Gasteiger partial charge is 0.319 e. The van der Waals surface area contributed by atoms with Gasteiger partial charge in [0, 0.05) is 60.9 Å². The van der Waals surface area contributed by atoms with Gasteiger partial charge in [0.05, 0.1) is 26.9 Å². The quantitative estimate of drug-likeness (QED) is 0.244. The highest BCUT2D eigenvalue weighted by molar-refractivity contribution is 7.23. The molecular formula is C36H34ClF3N8O2S. The Kier molecular flexibility index (Phi) is 7.05. The van der Waals surface area contributed by atoms with E-state index < -0.39 is 23.3 Å². The number of rotatable bonds is 7. The second-order valence-electron chi connectivity index (χ2n) is 15.1. The SMILES string of the molecule is N#Cc1c(N)sc2c(F)ccc(-c3c(Cl)cc4c(N5CC6CN(C(=O)[C@@H]7N[C@H]7C7CC7)C6C5)nc(OCC56CCCN5C[C@H](F)C6)nc4c3F)c12. The zero-order chi connectivity index (χ0) is 34.9. The molecule has 15 heteroatoms. The summed E-state index contributed by atoms with van der Waals surface area (Å²) in [6.45, 7) is 3.06. The van der Waals surface area contributed by atoms with Crippen LogP contribution in [-0.2, 0) is 4.79 Å². The van der Waals surface area contributed by atoms with Crippen molar-refractivity contribution in [1.82, 2.24) is 25.1 Å². The van der Waals surface area contributed by atoms with Gasteiger partial charge in [-0.25, -0.2) is 13.2 Å². The number of nitrogens with zero attached hydrogens (tertiary/aromatic N) is 6. The summed E-state index contributed by atoms with van der Waals surface area (Å²) in [5.74, 6) is 0.0587. The number of thiophene rings is 1. The summed E-state index contributed by atoms with van der Waals surface area (Å²) in [6.07, 6.45) is 3.47. The van der Waals surface area contributed by atoms with Crippen LogP contribution in [0.3, 0.4) is 0 Å². The Morgan fingerprint density at radius 1 is 1.20 bits per heavy atom. The molecule has 0 bridgehead atoms. The summed E-state index contributed by atoms with van der Waals surface area (Å²) in [6, 6.07) is 6.38. The normalized spacial score (nSPS) is 29.7.